The molecule has 0 aliphatic heterocycles. The number of furan rings is 1. The second-order valence-electron chi connectivity index (χ2n) is 3.46. The lowest BCUT2D eigenvalue weighted by Crippen LogP contribution is -1.98. The molecular weight excluding hydrogens is 219 g/mol. The summed E-state index contributed by atoms with van der Waals surface area (Å²) in [7, 11) is 6.82. The number of rotatable bonds is 5. The van der Waals surface area contributed by atoms with Gasteiger partial charge in [0.25, 0.3) is 0 Å². The molecule has 17 heavy (non-hydrogen) atoms. The normalized spacial score (nSPS) is 10.6. The van der Waals surface area contributed by atoms with Crippen LogP contribution in [0.15, 0.2) is 28.7 Å². The van der Waals surface area contributed by atoms with Gasteiger partial charge in [0.2, 0.25) is 0 Å². The molecule has 1 aromatic carbocycles. The zero-order valence-corrected chi connectivity index (χ0v) is 9.43. The fourth-order valence-electron chi connectivity index (χ4n) is 1.52. The maximum Gasteiger partial charge on any atom is 0.189 e. The van der Waals surface area contributed by atoms with Crippen molar-refractivity contribution in [2.45, 2.75) is 6.32 Å². The molecule has 0 atom stereocenters. The molecule has 0 aliphatic carbocycles. The van der Waals surface area contributed by atoms with Gasteiger partial charge in [-0.2, -0.15) is 0 Å². The first-order chi connectivity index (χ1) is 8.26. The highest BCUT2D eigenvalue weighted by molar-refractivity contribution is 6.23. The summed E-state index contributed by atoms with van der Waals surface area (Å²) in [6.07, 6.45) is -0.0753. The Morgan fingerprint density at radius 3 is 3.00 bits per heavy atom. The number of hydrogen-bond donors (Lipinski definition) is 0. The van der Waals surface area contributed by atoms with Crippen molar-refractivity contribution in [3.63, 3.8) is 0 Å². The molecule has 86 valence electrons. The van der Waals surface area contributed by atoms with Crippen LogP contribution in [-0.2, 0) is 4.74 Å². The third kappa shape index (κ3) is 2.34. The lowest BCUT2D eigenvalue weighted by atomic mass is 9.99. The summed E-state index contributed by atoms with van der Waals surface area (Å²) in [5, 5.41) is 0.737. The molecule has 0 N–H and O–H groups in total. The molecule has 0 saturated carbocycles. The van der Waals surface area contributed by atoms with Crippen molar-refractivity contribution in [2.24, 2.45) is 0 Å². The maximum atomic E-state index is 11.4. The Labute approximate surface area is 99.9 Å². The Morgan fingerprint density at radius 2 is 2.29 bits per heavy atom. The monoisotopic (exact) mass is 230 g/mol. The fourth-order valence-corrected chi connectivity index (χ4v) is 1.52. The molecule has 0 aliphatic rings. The van der Waals surface area contributed by atoms with Crippen molar-refractivity contribution in [1.82, 2.24) is 0 Å². The first kappa shape index (κ1) is 11.7. The Hall–Kier alpha value is -1.75. The van der Waals surface area contributed by atoms with Crippen LogP contribution in [0.5, 0.6) is 5.75 Å². The van der Waals surface area contributed by atoms with Crippen LogP contribution in [0.25, 0.3) is 11.0 Å². The van der Waals surface area contributed by atoms with Crippen molar-refractivity contribution in [1.29, 1.82) is 0 Å². The summed E-state index contributed by atoms with van der Waals surface area (Å²) in [5.74, 6) is 0.624. The summed E-state index contributed by atoms with van der Waals surface area (Å²) in [6.45, 7) is 0.143. The topological polar surface area (TPSA) is 48.7 Å². The highest BCUT2D eigenvalue weighted by atomic mass is 16.7. The summed E-state index contributed by atoms with van der Waals surface area (Å²) in [4.78, 5) is 11.4. The molecular formula is C12H11BO4. The number of carbonyl (C=O) groups excluding carboxylic acids is 1. The van der Waals surface area contributed by atoms with Crippen LogP contribution in [0.1, 0.15) is 10.6 Å². The van der Waals surface area contributed by atoms with Crippen LogP contribution in [0.2, 0.25) is 6.32 Å². The van der Waals surface area contributed by atoms with E-state index in [-0.39, 0.29) is 24.7 Å². The van der Waals surface area contributed by atoms with Crippen LogP contribution >= 0.6 is 0 Å². The maximum absolute atomic E-state index is 11.4. The lowest BCUT2D eigenvalue weighted by Gasteiger charge is -2.04. The molecule has 2 rings (SSSR count). The average molecular weight is 230 g/mol. The number of hydrogen-bond acceptors (Lipinski definition) is 4. The second-order valence-corrected chi connectivity index (χ2v) is 3.46. The van der Waals surface area contributed by atoms with Crippen molar-refractivity contribution in [2.75, 3.05) is 13.9 Å². The molecule has 0 unspecified atom stereocenters. The quantitative estimate of drug-likeness (QED) is 0.448. The van der Waals surface area contributed by atoms with Gasteiger partial charge in [-0.3, -0.25) is 4.79 Å². The molecule has 0 amide bonds. The minimum atomic E-state index is -0.237. The van der Waals surface area contributed by atoms with Crippen LogP contribution in [-0.4, -0.2) is 27.5 Å². The summed E-state index contributed by atoms with van der Waals surface area (Å²) < 4.78 is 15.6. The lowest BCUT2D eigenvalue weighted by molar-refractivity contribution is 0.0522. The predicted octanol–water partition coefficient (Wildman–Crippen LogP) is 2.18. The minimum Gasteiger partial charge on any atom is -0.467 e. The molecule has 1 heterocycles. The van der Waals surface area contributed by atoms with E-state index in [1.54, 1.807) is 31.4 Å². The summed E-state index contributed by atoms with van der Waals surface area (Å²) in [5.41, 5.74) is 0.593. The van der Waals surface area contributed by atoms with E-state index in [0.29, 0.717) is 11.3 Å². The van der Waals surface area contributed by atoms with Gasteiger partial charge in [-0.15, -0.1) is 0 Å². The van der Waals surface area contributed by atoms with Crippen molar-refractivity contribution in [3.8, 4) is 5.75 Å². The molecule has 4 nitrogen and oxygen atoms in total. The zero-order chi connectivity index (χ0) is 12.3. The third-order valence-corrected chi connectivity index (χ3v) is 2.31. The van der Waals surface area contributed by atoms with Gasteiger partial charge in [-0.05, 0) is 24.5 Å². The summed E-state index contributed by atoms with van der Waals surface area (Å²) in [6, 6.07) is 6.97. The Bertz CT molecular complexity index is 532. The van der Waals surface area contributed by atoms with Gasteiger partial charge in [0.05, 0.1) is 13.2 Å². The molecule has 2 aromatic rings. The van der Waals surface area contributed by atoms with E-state index in [4.69, 9.17) is 21.7 Å². The third-order valence-electron chi connectivity index (χ3n) is 2.31. The van der Waals surface area contributed by atoms with E-state index in [1.807, 2.05) is 0 Å². The van der Waals surface area contributed by atoms with E-state index in [9.17, 15) is 4.79 Å². The predicted molar refractivity (Wildman–Crippen MR) is 63.6 cm³/mol. The van der Waals surface area contributed by atoms with Gasteiger partial charge in [0, 0.05) is 7.11 Å². The molecule has 0 spiro atoms. The van der Waals surface area contributed by atoms with E-state index in [0.717, 1.165) is 5.39 Å². The van der Waals surface area contributed by atoms with Crippen LogP contribution in [0.4, 0.5) is 0 Å². The zero-order valence-electron chi connectivity index (χ0n) is 9.43. The highest BCUT2D eigenvalue weighted by Gasteiger charge is 2.12. The molecule has 2 radical (unpaired) electrons. The molecule has 1 aromatic heterocycles. The summed E-state index contributed by atoms with van der Waals surface area (Å²) >= 11 is 0. The molecule has 0 bridgehead atoms. The molecule has 0 saturated heterocycles. The number of benzene rings is 1. The van der Waals surface area contributed by atoms with Crippen LogP contribution in [0, 0.1) is 0 Å². The Kier molecular flexibility index (Phi) is 3.49. The largest absolute Gasteiger partial charge is 0.467 e. The van der Waals surface area contributed by atoms with Crippen molar-refractivity contribution >= 4 is 24.6 Å². The van der Waals surface area contributed by atoms with E-state index < -0.39 is 0 Å². The van der Waals surface area contributed by atoms with Crippen LogP contribution < -0.4 is 4.74 Å². The number of Topliss-reactive ketones (excluding diaryl/α,β-unsaturated/α-hetero) is 1. The van der Waals surface area contributed by atoms with E-state index >= 15 is 0 Å². The number of methoxy groups -OCH3 is 1. The SMILES string of the molecule is [B]CC(=O)c1cc2c(OCOC)cccc2o1. The van der Waals surface area contributed by atoms with E-state index in [2.05, 4.69) is 0 Å². The number of fused-ring (bicyclic) bond motifs is 1. The molecule has 0 fully saturated rings. The van der Waals surface area contributed by atoms with Gasteiger partial charge >= 0.3 is 0 Å². The average Bonchev–Trinajstić information content (AvgIpc) is 2.79. The van der Waals surface area contributed by atoms with Gasteiger partial charge in [0.1, 0.15) is 11.3 Å². The standard InChI is InChI=1S/C12H11BO4/c1-15-7-16-10-3-2-4-11-8(10)5-12(17-11)9(14)6-13/h2-5H,6-7H2,1H3. The smallest absolute Gasteiger partial charge is 0.189 e. The van der Waals surface area contributed by atoms with Gasteiger partial charge in [-0.1, -0.05) is 6.07 Å². The fraction of sp³-hybridized carbons (Fsp3) is 0.250. The Morgan fingerprint density at radius 1 is 1.47 bits per heavy atom. The van der Waals surface area contributed by atoms with Gasteiger partial charge in [-0.25, -0.2) is 0 Å². The molecule has 5 heteroatoms. The van der Waals surface area contributed by atoms with Crippen molar-refractivity contribution in [3.05, 3.63) is 30.0 Å². The first-order valence-electron chi connectivity index (χ1n) is 5.14. The number of ketones is 1. The van der Waals surface area contributed by atoms with Gasteiger partial charge < -0.3 is 13.9 Å². The van der Waals surface area contributed by atoms with E-state index in [1.165, 1.54) is 0 Å². The number of ether oxygens (including phenoxy) is 2. The van der Waals surface area contributed by atoms with Crippen LogP contribution in [0.3, 0.4) is 0 Å². The Balaban J connectivity index is 2.41. The number of carbonyl (C=O) groups is 1. The van der Waals surface area contributed by atoms with Crippen molar-refractivity contribution < 1.29 is 18.7 Å². The van der Waals surface area contributed by atoms with Gasteiger partial charge in [0.15, 0.2) is 18.3 Å². The first-order valence-corrected chi connectivity index (χ1v) is 5.14. The second kappa shape index (κ2) is 5.06. The minimum absolute atomic E-state index is 0.0753. The highest BCUT2D eigenvalue weighted by Crippen LogP contribution is 2.29.